The van der Waals surface area contributed by atoms with Crippen LogP contribution in [0.2, 0.25) is 0 Å². The number of ether oxygens (including phenoxy) is 2. The van der Waals surface area contributed by atoms with Gasteiger partial charge in [-0.05, 0) is 18.9 Å². The molecule has 0 bridgehead atoms. The molecule has 1 saturated heterocycles. The number of carbonyl (C=O) groups is 2. The van der Waals surface area contributed by atoms with Crippen molar-refractivity contribution in [2.45, 2.75) is 26.0 Å². The summed E-state index contributed by atoms with van der Waals surface area (Å²) >= 11 is 0. The largest absolute Gasteiger partial charge is 0.466 e. The number of rotatable bonds is 5. The molecule has 5 nitrogen and oxygen atoms in total. The Morgan fingerprint density at radius 1 is 1.20 bits per heavy atom. The van der Waals surface area contributed by atoms with Crippen LogP contribution in [0, 0.1) is 5.92 Å². The highest BCUT2D eigenvalue weighted by Crippen LogP contribution is 2.17. The van der Waals surface area contributed by atoms with Gasteiger partial charge in [-0.1, -0.05) is 30.3 Å². The molecule has 0 spiro atoms. The second kappa shape index (κ2) is 7.05. The van der Waals surface area contributed by atoms with E-state index in [2.05, 4.69) is 5.32 Å². The van der Waals surface area contributed by atoms with Crippen molar-refractivity contribution in [3.63, 3.8) is 0 Å². The first kappa shape index (κ1) is 14.5. The summed E-state index contributed by atoms with van der Waals surface area (Å²) in [7, 11) is 0. The van der Waals surface area contributed by atoms with Gasteiger partial charge in [-0.15, -0.1) is 0 Å². The van der Waals surface area contributed by atoms with Gasteiger partial charge in [0, 0.05) is 6.54 Å². The van der Waals surface area contributed by atoms with E-state index in [-0.39, 0.29) is 24.5 Å². The van der Waals surface area contributed by atoms with Crippen LogP contribution in [0.5, 0.6) is 0 Å². The van der Waals surface area contributed by atoms with Gasteiger partial charge in [0.05, 0.1) is 12.5 Å². The average Bonchev–Trinajstić information content (AvgIpc) is 2.96. The topological polar surface area (TPSA) is 64.6 Å². The van der Waals surface area contributed by atoms with Crippen LogP contribution < -0.4 is 5.32 Å². The van der Waals surface area contributed by atoms with E-state index in [4.69, 9.17) is 9.47 Å². The number of hydrogen-bond acceptors (Lipinski definition) is 5. The average molecular weight is 277 g/mol. The van der Waals surface area contributed by atoms with Crippen LogP contribution in [0.25, 0.3) is 0 Å². The molecule has 5 heteroatoms. The number of carbonyl (C=O) groups excluding carboxylic acids is 2. The minimum atomic E-state index is -0.423. The highest BCUT2D eigenvalue weighted by Gasteiger charge is 2.35. The lowest BCUT2D eigenvalue weighted by molar-refractivity contribution is -0.148. The molecule has 1 aliphatic heterocycles. The molecular formula is C15H19NO4. The lowest BCUT2D eigenvalue weighted by Crippen LogP contribution is -2.32. The van der Waals surface area contributed by atoms with Gasteiger partial charge >= 0.3 is 11.9 Å². The Morgan fingerprint density at radius 3 is 2.65 bits per heavy atom. The fraction of sp³-hybridized carbons (Fsp3) is 0.467. The maximum absolute atomic E-state index is 11.9. The van der Waals surface area contributed by atoms with Gasteiger partial charge in [-0.25, -0.2) is 0 Å². The summed E-state index contributed by atoms with van der Waals surface area (Å²) in [6.45, 7) is 2.84. The van der Waals surface area contributed by atoms with Crippen molar-refractivity contribution in [1.29, 1.82) is 0 Å². The second-order valence-electron chi connectivity index (χ2n) is 4.74. The molecule has 0 amide bonds. The lowest BCUT2D eigenvalue weighted by atomic mass is 10.1. The fourth-order valence-electron chi connectivity index (χ4n) is 2.18. The first-order valence-electron chi connectivity index (χ1n) is 6.81. The third kappa shape index (κ3) is 3.81. The molecule has 1 fully saturated rings. The predicted molar refractivity (Wildman–Crippen MR) is 72.8 cm³/mol. The highest BCUT2D eigenvalue weighted by atomic mass is 16.5. The number of benzene rings is 1. The Morgan fingerprint density at radius 2 is 1.95 bits per heavy atom. The Labute approximate surface area is 118 Å². The molecule has 1 aromatic carbocycles. The molecule has 0 saturated carbocycles. The molecule has 0 unspecified atom stereocenters. The van der Waals surface area contributed by atoms with Crippen LogP contribution in [-0.2, 0) is 25.7 Å². The molecule has 20 heavy (non-hydrogen) atoms. The van der Waals surface area contributed by atoms with Crippen molar-refractivity contribution in [2.24, 2.45) is 5.92 Å². The highest BCUT2D eigenvalue weighted by molar-refractivity contribution is 5.79. The van der Waals surface area contributed by atoms with Crippen LogP contribution in [0.4, 0.5) is 0 Å². The summed E-state index contributed by atoms with van der Waals surface area (Å²) in [6, 6.07) is 9.08. The van der Waals surface area contributed by atoms with E-state index in [0.29, 0.717) is 19.6 Å². The van der Waals surface area contributed by atoms with E-state index in [9.17, 15) is 9.59 Å². The summed E-state index contributed by atoms with van der Waals surface area (Å²) in [6.07, 6.45) is 0.437. The Kier molecular flexibility index (Phi) is 5.12. The summed E-state index contributed by atoms with van der Waals surface area (Å²) in [4.78, 5) is 23.5. The van der Waals surface area contributed by atoms with Crippen LogP contribution in [0.15, 0.2) is 30.3 Å². The molecule has 0 radical (unpaired) electrons. The van der Waals surface area contributed by atoms with Crippen molar-refractivity contribution in [1.82, 2.24) is 5.32 Å². The zero-order valence-electron chi connectivity index (χ0n) is 11.5. The van der Waals surface area contributed by atoms with E-state index in [0.717, 1.165) is 5.56 Å². The zero-order valence-corrected chi connectivity index (χ0v) is 11.5. The lowest BCUT2D eigenvalue weighted by Gasteiger charge is -2.10. The number of hydrogen-bond donors (Lipinski definition) is 1. The van der Waals surface area contributed by atoms with Crippen LogP contribution in [-0.4, -0.2) is 31.1 Å². The first-order valence-corrected chi connectivity index (χ1v) is 6.81. The molecule has 0 aliphatic carbocycles. The maximum atomic E-state index is 11.9. The zero-order chi connectivity index (χ0) is 14.4. The van der Waals surface area contributed by atoms with Gasteiger partial charge in [0.1, 0.15) is 12.6 Å². The summed E-state index contributed by atoms with van der Waals surface area (Å²) in [5.41, 5.74) is 0.945. The van der Waals surface area contributed by atoms with E-state index >= 15 is 0 Å². The van der Waals surface area contributed by atoms with Crippen molar-refractivity contribution in [3.8, 4) is 0 Å². The molecule has 0 aromatic heterocycles. The normalized spacial score (nSPS) is 21.4. The van der Waals surface area contributed by atoms with Crippen LogP contribution in [0.1, 0.15) is 18.9 Å². The minimum absolute atomic E-state index is 0.252. The van der Waals surface area contributed by atoms with Crippen molar-refractivity contribution < 1.29 is 19.1 Å². The molecular weight excluding hydrogens is 258 g/mol. The number of esters is 2. The second-order valence-corrected chi connectivity index (χ2v) is 4.74. The molecule has 108 valence electrons. The third-order valence-electron chi connectivity index (χ3n) is 3.26. The molecule has 1 aromatic rings. The van der Waals surface area contributed by atoms with Crippen LogP contribution >= 0.6 is 0 Å². The van der Waals surface area contributed by atoms with E-state index < -0.39 is 6.04 Å². The van der Waals surface area contributed by atoms with Gasteiger partial charge in [0.15, 0.2) is 0 Å². The third-order valence-corrected chi connectivity index (χ3v) is 3.26. The predicted octanol–water partition coefficient (Wildman–Crippen LogP) is 1.27. The molecule has 2 atom stereocenters. The Bertz CT molecular complexity index is 460. The number of nitrogens with one attached hydrogen (secondary N) is 1. The summed E-state index contributed by atoms with van der Waals surface area (Å²) in [5, 5.41) is 3.01. The van der Waals surface area contributed by atoms with Crippen molar-refractivity contribution in [2.75, 3.05) is 13.2 Å². The van der Waals surface area contributed by atoms with E-state index in [1.54, 1.807) is 6.92 Å². The summed E-state index contributed by atoms with van der Waals surface area (Å²) in [5.74, 6) is -0.830. The van der Waals surface area contributed by atoms with Gasteiger partial charge in [0.2, 0.25) is 0 Å². The van der Waals surface area contributed by atoms with Crippen molar-refractivity contribution in [3.05, 3.63) is 35.9 Å². The Hall–Kier alpha value is -1.88. The molecule has 1 N–H and O–H groups in total. The van der Waals surface area contributed by atoms with Gasteiger partial charge in [0.25, 0.3) is 0 Å². The van der Waals surface area contributed by atoms with Gasteiger partial charge in [-0.2, -0.15) is 0 Å². The fourth-order valence-corrected chi connectivity index (χ4v) is 2.18. The quantitative estimate of drug-likeness (QED) is 0.821. The standard InChI is InChI=1S/C15H19NO4/c1-2-19-14(17)12-8-13(16-9-12)15(18)20-10-11-6-4-3-5-7-11/h3-7,12-13,16H,2,8-10H2,1H3/t12-,13+/m1/s1. The Balaban J connectivity index is 1.78. The summed E-state index contributed by atoms with van der Waals surface area (Å²) < 4.78 is 10.2. The smallest absolute Gasteiger partial charge is 0.323 e. The first-order chi connectivity index (χ1) is 9.70. The molecule has 1 heterocycles. The minimum Gasteiger partial charge on any atom is -0.466 e. The van der Waals surface area contributed by atoms with E-state index in [1.165, 1.54) is 0 Å². The molecule has 2 rings (SSSR count). The maximum Gasteiger partial charge on any atom is 0.323 e. The van der Waals surface area contributed by atoms with E-state index in [1.807, 2.05) is 30.3 Å². The van der Waals surface area contributed by atoms with Crippen LogP contribution in [0.3, 0.4) is 0 Å². The SMILES string of the molecule is CCOC(=O)[C@H]1CN[C@H](C(=O)OCc2ccccc2)C1. The van der Waals surface area contributed by atoms with Crippen molar-refractivity contribution >= 4 is 11.9 Å². The molecule has 1 aliphatic rings. The van der Waals surface area contributed by atoms with Gasteiger partial charge < -0.3 is 14.8 Å². The monoisotopic (exact) mass is 277 g/mol. The van der Waals surface area contributed by atoms with Gasteiger partial charge in [-0.3, -0.25) is 9.59 Å².